The normalized spacial score (nSPS) is 23.8. The fourth-order valence-electron chi connectivity index (χ4n) is 2.52. The summed E-state index contributed by atoms with van der Waals surface area (Å²) in [5, 5.41) is 6.35. The summed E-state index contributed by atoms with van der Waals surface area (Å²) in [6, 6.07) is 0. The molecule has 0 atom stereocenters. The maximum absolute atomic E-state index is 11.9. The first-order chi connectivity index (χ1) is 8.09. The summed E-state index contributed by atoms with van der Waals surface area (Å²) in [6.45, 7) is 4.92. The molecule has 0 saturated carbocycles. The number of amides is 2. The molecule has 2 N–H and O–H groups in total. The van der Waals surface area contributed by atoms with E-state index in [1.165, 1.54) is 0 Å². The van der Waals surface area contributed by atoms with Gasteiger partial charge in [0, 0.05) is 18.5 Å². The summed E-state index contributed by atoms with van der Waals surface area (Å²) in [5.41, 5.74) is -0.106. The van der Waals surface area contributed by atoms with Crippen molar-refractivity contribution in [2.24, 2.45) is 0 Å². The summed E-state index contributed by atoms with van der Waals surface area (Å²) < 4.78 is 0. The fourth-order valence-corrected chi connectivity index (χ4v) is 2.52. The van der Waals surface area contributed by atoms with Gasteiger partial charge >= 0.3 is 0 Å². The van der Waals surface area contributed by atoms with Gasteiger partial charge in [-0.05, 0) is 39.3 Å². The molecule has 2 rings (SSSR count). The lowest BCUT2D eigenvalue weighted by atomic mass is 9.90. The molecule has 17 heavy (non-hydrogen) atoms. The molecule has 0 aliphatic carbocycles. The number of carbonyl (C=O) groups excluding carboxylic acids is 2. The molecule has 0 aromatic carbocycles. The molecule has 2 fully saturated rings. The van der Waals surface area contributed by atoms with E-state index < -0.39 is 0 Å². The molecule has 0 spiro atoms. The van der Waals surface area contributed by atoms with E-state index in [-0.39, 0.29) is 23.9 Å². The Morgan fingerprint density at radius 2 is 2.18 bits per heavy atom. The Hall–Kier alpha value is -1.10. The molecule has 96 valence electrons. The molecule has 0 aromatic rings. The van der Waals surface area contributed by atoms with Crippen LogP contribution in [0.1, 0.15) is 32.6 Å². The monoisotopic (exact) mass is 239 g/mol. The fraction of sp³-hybridized carbons (Fsp3) is 0.833. The number of nitrogens with one attached hydrogen (secondary N) is 2. The summed E-state index contributed by atoms with van der Waals surface area (Å²) in [4.78, 5) is 25.0. The molecule has 0 unspecified atom stereocenters. The summed E-state index contributed by atoms with van der Waals surface area (Å²) >= 11 is 0. The van der Waals surface area contributed by atoms with E-state index in [2.05, 4.69) is 17.6 Å². The van der Waals surface area contributed by atoms with E-state index in [0.717, 1.165) is 38.9 Å². The van der Waals surface area contributed by atoms with E-state index in [1.54, 1.807) is 4.90 Å². The average Bonchev–Trinajstić information content (AvgIpc) is 2.64. The van der Waals surface area contributed by atoms with Gasteiger partial charge in [-0.1, -0.05) is 0 Å². The molecular weight excluding hydrogens is 218 g/mol. The first kappa shape index (κ1) is 12.4. The van der Waals surface area contributed by atoms with E-state index in [4.69, 9.17) is 0 Å². The van der Waals surface area contributed by atoms with Gasteiger partial charge in [0.2, 0.25) is 11.8 Å². The number of carbonyl (C=O) groups is 2. The smallest absolute Gasteiger partial charge is 0.240 e. The minimum Gasteiger partial charge on any atom is -0.349 e. The largest absolute Gasteiger partial charge is 0.349 e. The van der Waals surface area contributed by atoms with Crippen LogP contribution in [-0.2, 0) is 9.59 Å². The highest BCUT2D eigenvalue weighted by Gasteiger charge is 2.30. The molecule has 0 bridgehead atoms. The Bertz CT molecular complexity index is 311. The predicted molar refractivity (Wildman–Crippen MR) is 64.5 cm³/mol. The maximum atomic E-state index is 11.9. The molecule has 2 amide bonds. The number of hydrogen-bond donors (Lipinski definition) is 2. The maximum Gasteiger partial charge on any atom is 0.240 e. The van der Waals surface area contributed by atoms with Gasteiger partial charge in [-0.25, -0.2) is 0 Å². The van der Waals surface area contributed by atoms with Crippen molar-refractivity contribution in [3.8, 4) is 0 Å². The standard InChI is InChI=1S/C12H21N3O2/c1-12(4-6-13-7-5-12)14-10(16)9-15-8-2-3-11(15)17/h13H,2-9H2,1H3,(H,14,16). The molecule has 0 aromatic heterocycles. The highest BCUT2D eigenvalue weighted by Crippen LogP contribution is 2.17. The molecule has 2 aliphatic rings. The molecule has 5 heteroatoms. The Labute approximate surface area is 102 Å². The minimum atomic E-state index is -0.106. The molecule has 0 radical (unpaired) electrons. The van der Waals surface area contributed by atoms with Crippen molar-refractivity contribution in [3.05, 3.63) is 0 Å². The van der Waals surface area contributed by atoms with Crippen LogP contribution in [0.4, 0.5) is 0 Å². The van der Waals surface area contributed by atoms with Crippen LogP contribution in [0.5, 0.6) is 0 Å². The lowest BCUT2D eigenvalue weighted by Gasteiger charge is -2.35. The topological polar surface area (TPSA) is 61.4 Å². The van der Waals surface area contributed by atoms with Gasteiger partial charge in [-0.3, -0.25) is 9.59 Å². The van der Waals surface area contributed by atoms with Crippen LogP contribution >= 0.6 is 0 Å². The van der Waals surface area contributed by atoms with Crippen molar-refractivity contribution in [2.75, 3.05) is 26.2 Å². The highest BCUT2D eigenvalue weighted by atomic mass is 16.2. The second kappa shape index (κ2) is 5.04. The zero-order valence-corrected chi connectivity index (χ0v) is 10.4. The summed E-state index contributed by atoms with van der Waals surface area (Å²) in [6.07, 6.45) is 3.38. The Kier molecular flexibility index (Phi) is 3.66. The average molecular weight is 239 g/mol. The van der Waals surface area contributed by atoms with Crippen molar-refractivity contribution in [3.63, 3.8) is 0 Å². The van der Waals surface area contributed by atoms with Crippen LogP contribution in [0.15, 0.2) is 0 Å². The number of rotatable bonds is 3. The van der Waals surface area contributed by atoms with Crippen LogP contribution in [0, 0.1) is 0 Å². The molecule has 2 aliphatic heterocycles. The molecule has 2 heterocycles. The first-order valence-corrected chi connectivity index (χ1v) is 6.39. The molecule has 5 nitrogen and oxygen atoms in total. The minimum absolute atomic E-state index is 0.0235. The summed E-state index contributed by atoms with van der Waals surface area (Å²) in [5.74, 6) is 0.0836. The second-order valence-electron chi connectivity index (χ2n) is 5.28. The number of nitrogens with zero attached hydrogens (tertiary/aromatic N) is 1. The van der Waals surface area contributed by atoms with Gasteiger partial charge in [-0.2, -0.15) is 0 Å². The van der Waals surface area contributed by atoms with Crippen molar-refractivity contribution in [1.29, 1.82) is 0 Å². The van der Waals surface area contributed by atoms with Gasteiger partial charge in [0.15, 0.2) is 0 Å². The van der Waals surface area contributed by atoms with Gasteiger partial charge in [-0.15, -0.1) is 0 Å². The van der Waals surface area contributed by atoms with E-state index >= 15 is 0 Å². The van der Waals surface area contributed by atoms with Gasteiger partial charge in [0.25, 0.3) is 0 Å². The zero-order chi connectivity index (χ0) is 12.3. The van der Waals surface area contributed by atoms with Crippen molar-refractivity contribution >= 4 is 11.8 Å². The number of piperidine rings is 1. The van der Waals surface area contributed by atoms with Crippen LogP contribution in [-0.4, -0.2) is 48.4 Å². The number of likely N-dealkylation sites (tertiary alicyclic amines) is 1. The Morgan fingerprint density at radius 3 is 2.76 bits per heavy atom. The van der Waals surface area contributed by atoms with Crippen molar-refractivity contribution in [1.82, 2.24) is 15.5 Å². The first-order valence-electron chi connectivity index (χ1n) is 6.39. The quantitative estimate of drug-likeness (QED) is 0.721. The van der Waals surface area contributed by atoms with E-state index in [0.29, 0.717) is 6.42 Å². The number of hydrogen-bond acceptors (Lipinski definition) is 3. The molecular formula is C12H21N3O2. The lowest BCUT2D eigenvalue weighted by molar-refractivity contribution is -0.133. The highest BCUT2D eigenvalue weighted by molar-refractivity contribution is 5.86. The van der Waals surface area contributed by atoms with Crippen molar-refractivity contribution < 1.29 is 9.59 Å². The SMILES string of the molecule is CC1(NC(=O)CN2CCCC2=O)CCNCC1. The lowest BCUT2D eigenvalue weighted by Crippen LogP contribution is -2.54. The zero-order valence-electron chi connectivity index (χ0n) is 10.4. The van der Waals surface area contributed by atoms with E-state index in [1.807, 2.05) is 0 Å². The predicted octanol–water partition coefficient (Wildman–Crippen LogP) is -0.133. The third kappa shape index (κ3) is 3.19. The third-order valence-electron chi connectivity index (χ3n) is 3.65. The van der Waals surface area contributed by atoms with Gasteiger partial charge in [0.1, 0.15) is 0 Å². The van der Waals surface area contributed by atoms with E-state index in [9.17, 15) is 9.59 Å². The Morgan fingerprint density at radius 1 is 1.47 bits per heavy atom. The van der Waals surface area contributed by atoms with Crippen LogP contribution in [0.3, 0.4) is 0 Å². The summed E-state index contributed by atoms with van der Waals surface area (Å²) in [7, 11) is 0. The van der Waals surface area contributed by atoms with Gasteiger partial charge < -0.3 is 15.5 Å². The second-order valence-corrected chi connectivity index (χ2v) is 5.28. The van der Waals surface area contributed by atoms with Gasteiger partial charge in [0.05, 0.1) is 6.54 Å². The van der Waals surface area contributed by atoms with Crippen LogP contribution in [0.25, 0.3) is 0 Å². The van der Waals surface area contributed by atoms with Crippen LogP contribution < -0.4 is 10.6 Å². The van der Waals surface area contributed by atoms with Crippen LogP contribution in [0.2, 0.25) is 0 Å². The third-order valence-corrected chi connectivity index (χ3v) is 3.65. The van der Waals surface area contributed by atoms with Crippen molar-refractivity contribution in [2.45, 2.75) is 38.1 Å². The Balaban J connectivity index is 1.82. The molecule has 2 saturated heterocycles.